The molecule has 2 aliphatic rings. The molecule has 0 aromatic heterocycles. The topological polar surface area (TPSA) is 29.5 Å². The van der Waals surface area contributed by atoms with Crippen molar-refractivity contribution in [1.82, 2.24) is 0 Å². The molecule has 1 aromatic rings. The van der Waals surface area contributed by atoms with Crippen molar-refractivity contribution in [1.29, 1.82) is 0 Å². The third kappa shape index (κ3) is 1.44. The molecule has 1 aliphatic carbocycles. The molecule has 0 amide bonds. The fourth-order valence-electron chi connectivity index (χ4n) is 2.63. The van der Waals surface area contributed by atoms with E-state index in [0.29, 0.717) is 11.4 Å². The summed E-state index contributed by atoms with van der Waals surface area (Å²) in [7, 11) is 0. The van der Waals surface area contributed by atoms with Crippen LogP contribution in [0.2, 0.25) is 5.02 Å². The van der Waals surface area contributed by atoms with Crippen molar-refractivity contribution in [3.63, 3.8) is 0 Å². The van der Waals surface area contributed by atoms with Gasteiger partial charge in [-0.05, 0) is 43.9 Å². The number of ether oxygens (including phenoxy) is 1. The van der Waals surface area contributed by atoms with Crippen LogP contribution in [0, 0.1) is 6.92 Å². The summed E-state index contributed by atoms with van der Waals surface area (Å²) in [5.74, 6) is 0.820. The number of aliphatic hydroxyl groups excluding tert-OH is 1. The van der Waals surface area contributed by atoms with Crippen LogP contribution < -0.4 is 4.74 Å². The fourth-order valence-corrected chi connectivity index (χ4v) is 2.81. The van der Waals surface area contributed by atoms with E-state index in [4.69, 9.17) is 16.3 Å². The third-order valence-corrected chi connectivity index (χ3v) is 4.21. The first kappa shape index (κ1) is 10.4. The molecule has 2 nitrogen and oxygen atoms in total. The Labute approximate surface area is 100 Å². The molecule has 1 aromatic carbocycles. The van der Waals surface area contributed by atoms with Gasteiger partial charge in [-0.1, -0.05) is 11.6 Å². The van der Waals surface area contributed by atoms with Gasteiger partial charge >= 0.3 is 0 Å². The van der Waals surface area contributed by atoms with Crippen LogP contribution in [0.15, 0.2) is 12.1 Å². The number of aryl methyl sites for hydroxylation is 1. The smallest absolute Gasteiger partial charge is 0.126 e. The van der Waals surface area contributed by atoms with Crippen LogP contribution in [0.25, 0.3) is 0 Å². The van der Waals surface area contributed by atoms with E-state index in [1.165, 1.54) is 6.42 Å². The quantitative estimate of drug-likeness (QED) is 0.751. The van der Waals surface area contributed by atoms with Gasteiger partial charge in [0.15, 0.2) is 0 Å². The van der Waals surface area contributed by atoms with Gasteiger partial charge in [0.1, 0.15) is 11.4 Å². The maximum atomic E-state index is 10.1. The Morgan fingerprint density at radius 1 is 1.44 bits per heavy atom. The summed E-state index contributed by atoms with van der Waals surface area (Å²) in [6.07, 6.45) is 3.60. The van der Waals surface area contributed by atoms with Crippen LogP contribution in [0.1, 0.15) is 42.9 Å². The minimum Gasteiger partial charge on any atom is -0.487 e. The van der Waals surface area contributed by atoms with Crippen LogP contribution >= 0.6 is 11.6 Å². The van der Waals surface area contributed by atoms with Gasteiger partial charge in [-0.3, -0.25) is 0 Å². The molecule has 1 aliphatic heterocycles. The number of hydrogen-bond acceptors (Lipinski definition) is 2. The minimum absolute atomic E-state index is 0.0906. The van der Waals surface area contributed by atoms with Crippen molar-refractivity contribution in [2.45, 2.75) is 44.3 Å². The van der Waals surface area contributed by atoms with Crippen LogP contribution in [-0.4, -0.2) is 10.7 Å². The monoisotopic (exact) mass is 238 g/mol. The highest BCUT2D eigenvalue weighted by molar-refractivity contribution is 6.31. The summed E-state index contributed by atoms with van der Waals surface area (Å²) in [4.78, 5) is 0. The van der Waals surface area contributed by atoms with Gasteiger partial charge in [0.05, 0.1) is 6.10 Å². The van der Waals surface area contributed by atoms with E-state index < -0.39 is 6.10 Å². The van der Waals surface area contributed by atoms with Gasteiger partial charge in [-0.2, -0.15) is 0 Å². The third-order valence-electron chi connectivity index (χ3n) is 3.81. The summed E-state index contributed by atoms with van der Waals surface area (Å²) < 4.78 is 6.04. The molecule has 1 heterocycles. The van der Waals surface area contributed by atoms with Crippen molar-refractivity contribution >= 4 is 11.6 Å². The maximum Gasteiger partial charge on any atom is 0.126 e. The Morgan fingerprint density at radius 2 is 2.19 bits per heavy atom. The van der Waals surface area contributed by atoms with E-state index >= 15 is 0 Å². The second-order valence-corrected chi connectivity index (χ2v) is 5.40. The molecular formula is C13H15ClO2. The molecule has 16 heavy (non-hydrogen) atoms. The second-order valence-electron chi connectivity index (χ2n) is 5.00. The first-order chi connectivity index (χ1) is 7.60. The van der Waals surface area contributed by atoms with Crippen LogP contribution in [0.5, 0.6) is 5.75 Å². The minimum atomic E-state index is -0.429. The van der Waals surface area contributed by atoms with E-state index in [1.807, 2.05) is 19.1 Å². The van der Waals surface area contributed by atoms with E-state index in [-0.39, 0.29) is 5.60 Å². The largest absolute Gasteiger partial charge is 0.487 e. The highest BCUT2D eigenvalue weighted by atomic mass is 35.5. The second kappa shape index (κ2) is 3.38. The van der Waals surface area contributed by atoms with Gasteiger partial charge in [-0.15, -0.1) is 0 Å². The molecule has 0 bridgehead atoms. The number of halogens is 1. The van der Waals surface area contributed by atoms with Crippen LogP contribution in [-0.2, 0) is 0 Å². The average Bonchev–Trinajstić information content (AvgIpc) is 2.18. The Hall–Kier alpha value is -0.730. The molecule has 1 saturated carbocycles. The van der Waals surface area contributed by atoms with E-state index in [2.05, 4.69) is 0 Å². The molecule has 3 rings (SSSR count). The number of hydrogen-bond donors (Lipinski definition) is 1. The zero-order valence-corrected chi connectivity index (χ0v) is 10.0. The van der Waals surface area contributed by atoms with Crippen molar-refractivity contribution in [2.75, 3.05) is 0 Å². The highest BCUT2D eigenvalue weighted by Crippen LogP contribution is 2.49. The maximum absolute atomic E-state index is 10.1. The molecule has 86 valence electrons. The first-order valence-corrected chi connectivity index (χ1v) is 6.15. The SMILES string of the molecule is Cc1cc2c(cc1Cl)C(O)CC1(CCC1)O2. The molecule has 1 unspecified atom stereocenters. The Kier molecular flexibility index (Phi) is 2.20. The number of benzene rings is 1. The summed E-state index contributed by atoms with van der Waals surface area (Å²) in [5, 5.41) is 10.8. The van der Waals surface area contributed by atoms with Crippen molar-refractivity contribution < 1.29 is 9.84 Å². The lowest BCUT2D eigenvalue weighted by Crippen LogP contribution is -2.46. The zero-order valence-electron chi connectivity index (χ0n) is 9.29. The molecule has 3 heteroatoms. The molecule has 0 radical (unpaired) electrons. The lowest BCUT2D eigenvalue weighted by molar-refractivity contribution is -0.0663. The lowest BCUT2D eigenvalue weighted by atomic mass is 9.73. The predicted molar refractivity (Wildman–Crippen MR) is 63.0 cm³/mol. The molecule has 1 N–H and O–H groups in total. The van der Waals surface area contributed by atoms with E-state index in [1.54, 1.807) is 0 Å². The first-order valence-electron chi connectivity index (χ1n) is 5.77. The molecular weight excluding hydrogens is 224 g/mol. The summed E-state index contributed by atoms with van der Waals surface area (Å²) in [6, 6.07) is 3.78. The summed E-state index contributed by atoms with van der Waals surface area (Å²) >= 11 is 6.06. The van der Waals surface area contributed by atoms with E-state index in [9.17, 15) is 5.11 Å². The molecule has 1 atom stereocenters. The predicted octanol–water partition coefficient (Wildman–Crippen LogP) is 3.39. The fraction of sp³-hybridized carbons (Fsp3) is 0.538. The molecule has 1 fully saturated rings. The summed E-state index contributed by atoms with van der Waals surface area (Å²) in [5.41, 5.74) is 1.75. The Balaban J connectivity index is 2.04. The van der Waals surface area contributed by atoms with Gasteiger partial charge in [0, 0.05) is 17.0 Å². The normalized spacial score (nSPS) is 25.8. The molecule has 0 saturated heterocycles. The van der Waals surface area contributed by atoms with Gasteiger partial charge in [0.2, 0.25) is 0 Å². The van der Waals surface area contributed by atoms with Crippen LogP contribution in [0.3, 0.4) is 0 Å². The summed E-state index contributed by atoms with van der Waals surface area (Å²) in [6.45, 7) is 1.96. The van der Waals surface area contributed by atoms with Crippen molar-refractivity contribution in [3.8, 4) is 5.75 Å². The van der Waals surface area contributed by atoms with Gasteiger partial charge < -0.3 is 9.84 Å². The standard InChI is InChI=1S/C13H15ClO2/c1-8-5-12-9(6-10(8)14)11(15)7-13(16-12)3-2-4-13/h5-6,11,15H,2-4,7H2,1H3. The number of fused-ring (bicyclic) bond motifs is 1. The number of aliphatic hydroxyl groups is 1. The Morgan fingerprint density at radius 3 is 2.81 bits per heavy atom. The molecule has 1 spiro atoms. The van der Waals surface area contributed by atoms with Crippen LogP contribution in [0.4, 0.5) is 0 Å². The van der Waals surface area contributed by atoms with Gasteiger partial charge in [0.25, 0.3) is 0 Å². The Bertz CT molecular complexity index is 438. The number of rotatable bonds is 0. The zero-order chi connectivity index (χ0) is 11.3. The van der Waals surface area contributed by atoms with E-state index in [0.717, 1.165) is 29.7 Å². The highest BCUT2D eigenvalue weighted by Gasteiger charge is 2.45. The average molecular weight is 239 g/mol. The van der Waals surface area contributed by atoms with Gasteiger partial charge in [-0.25, -0.2) is 0 Å². The van der Waals surface area contributed by atoms with Crippen molar-refractivity contribution in [3.05, 3.63) is 28.3 Å². The lowest BCUT2D eigenvalue weighted by Gasteiger charge is -2.46. The van der Waals surface area contributed by atoms with Crippen molar-refractivity contribution in [2.24, 2.45) is 0 Å².